The Kier molecular flexibility index (Phi) is 4.02. The van der Waals surface area contributed by atoms with Crippen molar-refractivity contribution in [2.45, 2.75) is 39.4 Å². The van der Waals surface area contributed by atoms with E-state index in [4.69, 9.17) is 11.6 Å². The molecule has 0 radical (unpaired) electrons. The third kappa shape index (κ3) is 2.85. The zero-order chi connectivity index (χ0) is 22.3. The number of H-pyrrole nitrogens is 1. The summed E-state index contributed by atoms with van der Waals surface area (Å²) in [6.07, 6.45) is -2.85. The van der Waals surface area contributed by atoms with Crippen LogP contribution in [0.15, 0.2) is 30.5 Å². The molecule has 3 heterocycles. The quantitative estimate of drug-likeness (QED) is 0.358. The molecule has 0 saturated heterocycles. The number of alkyl halides is 3. The summed E-state index contributed by atoms with van der Waals surface area (Å²) in [4.78, 5) is 2.89. The molecule has 160 valence electrons. The molecule has 0 bridgehead atoms. The standard InChI is InChI=1S/C22H19ClF3N5/c1-10-18(14-7-12(22(24,25)26)8-16-13(14)5-6-27-16)15(23)9-17-19(10)31-11(2)29-30-20(31)21(3,4)28-17/h5-9,27-28H,1-4H3. The van der Waals surface area contributed by atoms with Crippen LogP contribution in [0.3, 0.4) is 0 Å². The van der Waals surface area contributed by atoms with Crippen LogP contribution in [0.2, 0.25) is 5.02 Å². The Bertz CT molecular complexity index is 1360. The van der Waals surface area contributed by atoms with E-state index in [1.165, 1.54) is 0 Å². The monoisotopic (exact) mass is 445 g/mol. The van der Waals surface area contributed by atoms with Gasteiger partial charge >= 0.3 is 6.18 Å². The van der Waals surface area contributed by atoms with Gasteiger partial charge in [0.2, 0.25) is 0 Å². The van der Waals surface area contributed by atoms with E-state index in [9.17, 15) is 13.2 Å². The number of fused-ring (bicyclic) bond motifs is 4. The molecule has 0 aliphatic carbocycles. The van der Waals surface area contributed by atoms with Gasteiger partial charge < -0.3 is 10.3 Å². The fourth-order valence-electron chi connectivity index (χ4n) is 4.45. The first-order valence-electron chi connectivity index (χ1n) is 9.72. The molecule has 0 atom stereocenters. The third-order valence-corrected chi connectivity index (χ3v) is 6.11. The zero-order valence-electron chi connectivity index (χ0n) is 17.2. The van der Waals surface area contributed by atoms with Crippen molar-refractivity contribution in [3.05, 3.63) is 58.3 Å². The van der Waals surface area contributed by atoms with E-state index in [0.717, 1.165) is 34.9 Å². The van der Waals surface area contributed by atoms with E-state index in [1.54, 1.807) is 18.3 Å². The summed E-state index contributed by atoms with van der Waals surface area (Å²) in [5.74, 6) is 1.42. The van der Waals surface area contributed by atoms with Crippen molar-refractivity contribution in [3.8, 4) is 16.8 Å². The molecule has 0 fully saturated rings. The van der Waals surface area contributed by atoms with Crippen LogP contribution < -0.4 is 5.32 Å². The number of aryl methyl sites for hydroxylation is 1. The molecule has 1 aliphatic heterocycles. The molecule has 2 aromatic carbocycles. The Morgan fingerprint density at radius 3 is 2.55 bits per heavy atom. The van der Waals surface area contributed by atoms with Crippen LogP contribution in [0.1, 0.15) is 36.6 Å². The third-order valence-electron chi connectivity index (χ3n) is 5.82. The van der Waals surface area contributed by atoms with Gasteiger partial charge in [-0.3, -0.25) is 4.57 Å². The molecule has 5 nitrogen and oxygen atoms in total. The maximum absolute atomic E-state index is 13.6. The maximum Gasteiger partial charge on any atom is 0.416 e. The van der Waals surface area contributed by atoms with Gasteiger partial charge in [-0.25, -0.2) is 0 Å². The molecule has 0 amide bonds. The van der Waals surface area contributed by atoms with Crippen molar-refractivity contribution in [3.63, 3.8) is 0 Å². The second-order valence-electron chi connectivity index (χ2n) is 8.37. The molecule has 5 rings (SSSR count). The topological polar surface area (TPSA) is 58.5 Å². The molecule has 2 N–H and O–H groups in total. The summed E-state index contributed by atoms with van der Waals surface area (Å²) in [5, 5.41) is 13.0. The van der Waals surface area contributed by atoms with Gasteiger partial charge in [0.05, 0.1) is 27.5 Å². The van der Waals surface area contributed by atoms with Crippen LogP contribution in [-0.4, -0.2) is 19.7 Å². The molecule has 2 aromatic heterocycles. The van der Waals surface area contributed by atoms with Crippen LogP contribution in [-0.2, 0) is 11.7 Å². The normalized spacial score (nSPS) is 15.0. The number of nitrogens with one attached hydrogen (secondary N) is 2. The Hall–Kier alpha value is -3.00. The van der Waals surface area contributed by atoms with E-state index in [-0.39, 0.29) is 0 Å². The largest absolute Gasteiger partial charge is 0.416 e. The fourth-order valence-corrected chi connectivity index (χ4v) is 4.80. The van der Waals surface area contributed by atoms with E-state index in [2.05, 4.69) is 20.5 Å². The van der Waals surface area contributed by atoms with Gasteiger partial charge in [0, 0.05) is 22.7 Å². The zero-order valence-corrected chi connectivity index (χ0v) is 18.0. The molecular formula is C22H19ClF3N5. The van der Waals surface area contributed by atoms with Gasteiger partial charge in [0.1, 0.15) is 5.82 Å². The molecule has 1 aliphatic rings. The van der Waals surface area contributed by atoms with E-state index >= 15 is 0 Å². The number of aromatic nitrogens is 4. The first-order valence-corrected chi connectivity index (χ1v) is 10.1. The van der Waals surface area contributed by atoms with Crippen molar-refractivity contribution >= 4 is 28.2 Å². The van der Waals surface area contributed by atoms with E-state index in [1.807, 2.05) is 32.3 Å². The lowest BCUT2D eigenvalue weighted by Crippen LogP contribution is -2.36. The Morgan fingerprint density at radius 1 is 1.10 bits per heavy atom. The first kappa shape index (κ1) is 19.9. The second kappa shape index (κ2) is 6.26. The molecular weight excluding hydrogens is 427 g/mol. The Morgan fingerprint density at radius 2 is 1.84 bits per heavy atom. The fraction of sp³-hybridized carbons (Fsp3) is 0.273. The summed E-state index contributed by atoms with van der Waals surface area (Å²) in [6.45, 7) is 7.69. The van der Waals surface area contributed by atoms with Crippen molar-refractivity contribution in [1.82, 2.24) is 19.7 Å². The van der Waals surface area contributed by atoms with Gasteiger partial charge in [0.15, 0.2) is 5.82 Å². The summed E-state index contributed by atoms with van der Waals surface area (Å²) in [6, 6.07) is 5.81. The van der Waals surface area contributed by atoms with Crippen molar-refractivity contribution in [2.24, 2.45) is 0 Å². The lowest BCUT2D eigenvalue weighted by Gasteiger charge is -2.35. The molecule has 0 spiro atoms. The molecule has 0 unspecified atom stereocenters. The number of hydrogen-bond acceptors (Lipinski definition) is 3. The molecule has 0 saturated carbocycles. The minimum Gasteiger partial charge on any atom is -0.371 e. The predicted octanol–water partition coefficient (Wildman–Crippen LogP) is 6.37. The van der Waals surface area contributed by atoms with Gasteiger partial charge in [-0.1, -0.05) is 11.6 Å². The highest BCUT2D eigenvalue weighted by atomic mass is 35.5. The summed E-state index contributed by atoms with van der Waals surface area (Å²) in [7, 11) is 0. The molecule has 4 aromatic rings. The number of nitrogens with zero attached hydrogens (tertiary/aromatic N) is 3. The van der Waals surface area contributed by atoms with Crippen molar-refractivity contribution in [1.29, 1.82) is 0 Å². The highest BCUT2D eigenvalue weighted by Crippen LogP contribution is 2.47. The first-order chi connectivity index (χ1) is 14.5. The number of anilines is 1. The predicted molar refractivity (Wildman–Crippen MR) is 115 cm³/mol. The second-order valence-corrected chi connectivity index (χ2v) is 8.78. The highest BCUT2D eigenvalue weighted by Gasteiger charge is 2.37. The van der Waals surface area contributed by atoms with Crippen molar-refractivity contribution in [2.75, 3.05) is 5.32 Å². The number of rotatable bonds is 1. The highest BCUT2D eigenvalue weighted by molar-refractivity contribution is 6.34. The SMILES string of the molecule is Cc1c(-c2cc(C(F)(F)F)cc3[nH]ccc23)c(Cl)cc2c1-n1c(C)nnc1C(C)(C)N2. The molecule has 9 heteroatoms. The van der Waals surface area contributed by atoms with Crippen LogP contribution in [0, 0.1) is 13.8 Å². The van der Waals surface area contributed by atoms with Crippen LogP contribution in [0.5, 0.6) is 0 Å². The van der Waals surface area contributed by atoms with Gasteiger partial charge in [-0.15, -0.1) is 10.2 Å². The number of hydrogen-bond donors (Lipinski definition) is 2. The number of halogens is 4. The lowest BCUT2D eigenvalue weighted by atomic mass is 9.91. The summed E-state index contributed by atoms with van der Waals surface area (Å²) < 4.78 is 42.8. The molecule has 31 heavy (non-hydrogen) atoms. The van der Waals surface area contributed by atoms with Gasteiger partial charge in [0.25, 0.3) is 0 Å². The Balaban J connectivity index is 1.86. The van der Waals surface area contributed by atoms with E-state index in [0.29, 0.717) is 32.9 Å². The van der Waals surface area contributed by atoms with E-state index < -0.39 is 17.3 Å². The average molecular weight is 446 g/mol. The smallest absolute Gasteiger partial charge is 0.371 e. The minimum absolute atomic E-state index is 0.371. The minimum atomic E-state index is -4.48. The van der Waals surface area contributed by atoms with Gasteiger partial charge in [-0.2, -0.15) is 13.2 Å². The number of aromatic amines is 1. The lowest BCUT2D eigenvalue weighted by molar-refractivity contribution is -0.137. The number of benzene rings is 2. The summed E-state index contributed by atoms with van der Waals surface area (Å²) >= 11 is 6.70. The van der Waals surface area contributed by atoms with Crippen molar-refractivity contribution < 1.29 is 13.2 Å². The van der Waals surface area contributed by atoms with Crippen LogP contribution in [0.4, 0.5) is 18.9 Å². The van der Waals surface area contributed by atoms with Gasteiger partial charge in [-0.05, 0) is 63.1 Å². The van der Waals surface area contributed by atoms with Crippen LogP contribution in [0.25, 0.3) is 27.7 Å². The maximum atomic E-state index is 13.6. The Labute approximate surface area is 181 Å². The average Bonchev–Trinajstić information content (AvgIpc) is 3.27. The van der Waals surface area contributed by atoms with Crippen LogP contribution >= 0.6 is 11.6 Å². The summed E-state index contributed by atoms with van der Waals surface area (Å²) in [5.41, 5.74) is 2.47.